The first kappa shape index (κ1) is 37.1. The lowest BCUT2D eigenvalue weighted by molar-refractivity contribution is 0.304. The van der Waals surface area contributed by atoms with Gasteiger partial charge in [0.2, 0.25) is 0 Å². The van der Waals surface area contributed by atoms with Crippen molar-refractivity contribution in [3.8, 4) is 50.6 Å². The molecule has 3 nitrogen and oxygen atoms in total. The topological polar surface area (TPSA) is 27.7 Å². The van der Waals surface area contributed by atoms with Crippen LogP contribution in [-0.4, -0.2) is 19.8 Å². The summed E-state index contributed by atoms with van der Waals surface area (Å²) in [4.78, 5) is 0. The zero-order valence-corrected chi connectivity index (χ0v) is 30.1. The number of hydrogen-bond donors (Lipinski definition) is 0. The van der Waals surface area contributed by atoms with Crippen LogP contribution in [0.2, 0.25) is 0 Å². The second-order valence-electron chi connectivity index (χ2n) is 13.2. The molecule has 4 rings (SSSR count). The highest BCUT2D eigenvalue weighted by Gasteiger charge is 2.09. The number of unbranched alkanes of at least 4 members (excludes halogenated alkanes) is 12. The van der Waals surface area contributed by atoms with Gasteiger partial charge in [0.15, 0.2) is 0 Å². The maximum absolute atomic E-state index is 6.07. The minimum atomic E-state index is 0.778. The first-order valence-electron chi connectivity index (χ1n) is 19.0. The summed E-state index contributed by atoms with van der Waals surface area (Å²) in [6, 6.07) is 32.6. The Bertz CT molecular complexity index is 1220. The minimum absolute atomic E-state index is 0.778. The molecule has 3 heteroatoms. The smallest absolute Gasteiger partial charge is 0.119 e. The van der Waals surface area contributed by atoms with Crippen molar-refractivity contribution in [1.82, 2.24) is 0 Å². The fraction of sp³-hybridized carbons (Fsp3) is 0.467. The molecule has 0 bridgehead atoms. The predicted molar refractivity (Wildman–Crippen MR) is 206 cm³/mol. The number of ether oxygens (including phenoxy) is 3. The van der Waals surface area contributed by atoms with Crippen LogP contribution in [-0.2, 0) is 0 Å². The Morgan fingerprint density at radius 3 is 0.792 bits per heavy atom. The zero-order chi connectivity index (χ0) is 33.7. The molecule has 0 aromatic heterocycles. The van der Waals surface area contributed by atoms with Gasteiger partial charge in [-0.2, -0.15) is 0 Å². The molecule has 0 spiro atoms. The number of rotatable bonds is 24. The molecule has 0 saturated heterocycles. The molecule has 0 saturated carbocycles. The van der Waals surface area contributed by atoms with Crippen molar-refractivity contribution in [2.24, 2.45) is 0 Å². The van der Waals surface area contributed by atoms with Crippen molar-refractivity contribution in [2.45, 2.75) is 117 Å². The van der Waals surface area contributed by atoms with Crippen molar-refractivity contribution < 1.29 is 14.2 Å². The molecule has 0 aliphatic rings. The Hall–Kier alpha value is -3.72. The van der Waals surface area contributed by atoms with Crippen molar-refractivity contribution >= 4 is 0 Å². The molecular weight excluding hydrogens is 588 g/mol. The van der Waals surface area contributed by atoms with Gasteiger partial charge >= 0.3 is 0 Å². The maximum Gasteiger partial charge on any atom is 0.119 e. The van der Waals surface area contributed by atoms with E-state index in [2.05, 4.69) is 112 Å². The molecule has 258 valence electrons. The lowest BCUT2D eigenvalue weighted by Gasteiger charge is -2.13. The van der Waals surface area contributed by atoms with Crippen LogP contribution in [0.3, 0.4) is 0 Å². The molecule has 0 N–H and O–H groups in total. The van der Waals surface area contributed by atoms with E-state index in [1.165, 1.54) is 110 Å². The summed E-state index contributed by atoms with van der Waals surface area (Å²) in [5.41, 5.74) is 7.11. The molecular formula is C45H60O3. The highest BCUT2D eigenvalue weighted by molar-refractivity contribution is 5.81. The number of hydrogen-bond acceptors (Lipinski definition) is 3. The Labute approximate surface area is 292 Å². The van der Waals surface area contributed by atoms with Crippen LogP contribution in [0.4, 0.5) is 0 Å². The molecule has 0 aliphatic carbocycles. The molecule has 0 amide bonds. The van der Waals surface area contributed by atoms with E-state index in [1.807, 2.05) is 0 Å². The third-order valence-corrected chi connectivity index (χ3v) is 9.05. The van der Waals surface area contributed by atoms with Crippen LogP contribution in [0, 0.1) is 0 Å². The normalized spacial score (nSPS) is 11.1. The lowest BCUT2D eigenvalue weighted by atomic mass is 9.93. The van der Waals surface area contributed by atoms with Gasteiger partial charge in [-0.1, -0.05) is 134 Å². The SMILES string of the molecule is CCCCCCCOc1ccc(-c2cc(-c3ccc(OCCCCCCC)cc3)cc(-c3ccc(OCCCCCCC)cc3)c2)cc1. The standard InChI is InChI=1S/C45H60O3/c1-4-7-10-13-16-31-46-43-25-19-37(20-26-43)40-34-41(38-21-27-44(28-22-38)47-32-17-14-11-8-5-2)36-42(35-40)39-23-29-45(30-24-39)48-33-18-15-12-9-6-3/h19-30,34-36H,4-18,31-33H2,1-3H3. The highest BCUT2D eigenvalue weighted by Crippen LogP contribution is 2.35. The van der Waals surface area contributed by atoms with E-state index in [4.69, 9.17) is 14.2 Å². The van der Waals surface area contributed by atoms with Crippen LogP contribution < -0.4 is 14.2 Å². The van der Waals surface area contributed by atoms with Gasteiger partial charge in [-0.25, -0.2) is 0 Å². The Balaban J connectivity index is 1.48. The Kier molecular flexibility index (Phi) is 17.0. The number of benzene rings is 4. The van der Waals surface area contributed by atoms with Gasteiger partial charge in [-0.15, -0.1) is 0 Å². The van der Waals surface area contributed by atoms with Crippen molar-refractivity contribution in [2.75, 3.05) is 19.8 Å². The van der Waals surface area contributed by atoms with Crippen LogP contribution in [0.15, 0.2) is 91.0 Å². The van der Waals surface area contributed by atoms with Crippen molar-refractivity contribution in [3.05, 3.63) is 91.0 Å². The van der Waals surface area contributed by atoms with Gasteiger partial charge in [-0.05, 0) is 107 Å². The van der Waals surface area contributed by atoms with Gasteiger partial charge in [0.1, 0.15) is 17.2 Å². The Morgan fingerprint density at radius 2 is 0.542 bits per heavy atom. The summed E-state index contributed by atoms with van der Waals surface area (Å²) in [5.74, 6) is 2.81. The highest BCUT2D eigenvalue weighted by atomic mass is 16.5. The summed E-state index contributed by atoms with van der Waals surface area (Å²) in [5, 5.41) is 0. The molecule has 4 aromatic carbocycles. The van der Waals surface area contributed by atoms with Crippen LogP contribution in [0.1, 0.15) is 117 Å². The molecule has 0 heterocycles. The monoisotopic (exact) mass is 648 g/mol. The lowest BCUT2D eigenvalue weighted by Crippen LogP contribution is -1.97. The second kappa shape index (κ2) is 22.0. The van der Waals surface area contributed by atoms with Gasteiger partial charge in [0, 0.05) is 0 Å². The van der Waals surface area contributed by atoms with E-state index in [0.717, 1.165) is 56.3 Å². The molecule has 0 radical (unpaired) electrons. The summed E-state index contributed by atoms with van der Waals surface area (Å²) >= 11 is 0. The quantitative estimate of drug-likeness (QED) is 0.0708. The van der Waals surface area contributed by atoms with E-state index in [-0.39, 0.29) is 0 Å². The van der Waals surface area contributed by atoms with E-state index in [9.17, 15) is 0 Å². The summed E-state index contributed by atoms with van der Waals surface area (Å²) < 4.78 is 18.2. The third-order valence-electron chi connectivity index (χ3n) is 9.05. The fourth-order valence-corrected chi connectivity index (χ4v) is 6.05. The van der Waals surface area contributed by atoms with Crippen molar-refractivity contribution in [3.63, 3.8) is 0 Å². The first-order chi connectivity index (χ1) is 23.7. The zero-order valence-electron chi connectivity index (χ0n) is 30.1. The molecule has 4 aromatic rings. The molecule has 48 heavy (non-hydrogen) atoms. The second-order valence-corrected chi connectivity index (χ2v) is 13.2. The summed E-state index contributed by atoms with van der Waals surface area (Å²) in [6.45, 7) is 9.09. The molecule has 0 atom stereocenters. The maximum atomic E-state index is 6.07. The summed E-state index contributed by atoms with van der Waals surface area (Å²) in [6.07, 6.45) is 18.6. The molecule has 0 unspecified atom stereocenters. The largest absolute Gasteiger partial charge is 0.494 e. The minimum Gasteiger partial charge on any atom is -0.494 e. The summed E-state index contributed by atoms with van der Waals surface area (Å²) in [7, 11) is 0. The third kappa shape index (κ3) is 13.1. The van der Waals surface area contributed by atoms with Crippen LogP contribution in [0.5, 0.6) is 17.2 Å². The van der Waals surface area contributed by atoms with Gasteiger partial charge in [0.05, 0.1) is 19.8 Å². The van der Waals surface area contributed by atoms with E-state index in [1.54, 1.807) is 0 Å². The Morgan fingerprint density at radius 1 is 0.292 bits per heavy atom. The van der Waals surface area contributed by atoms with E-state index in [0.29, 0.717) is 0 Å². The molecule has 0 aliphatic heterocycles. The van der Waals surface area contributed by atoms with Gasteiger partial charge in [-0.3, -0.25) is 0 Å². The van der Waals surface area contributed by atoms with Crippen molar-refractivity contribution in [1.29, 1.82) is 0 Å². The van der Waals surface area contributed by atoms with Gasteiger partial charge in [0.25, 0.3) is 0 Å². The van der Waals surface area contributed by atoms with Gasteiger partial charge < -0.3 is 14.2 Å². The fourth-order valence-electron chi connectivity index (χ4n) is 6.05. The average molecular weight is 649 g/mol. The van der Waals surface area contributed by atoms with Crippen LogP contribution >= 0.6 is 0 Å². The van der Waals surface area contributed by atoms with E-state index < -0.39 is 0 Å². The average Bonchev–Trinajstić information content (AvgIpc) is 3.13. The molecule has 0 fully saturated rings. The van der Waals surface area contributed by atoms with Crippen LogP contribution in [0.25, 0.3) is 33.4 Å². The van der Waals surface area contributed by atoms with E-state index >= 15 is 0 Å². The first-order valence-corrected chi connectivity index (χ1v) is 19.0. The predicted octanol–water partition coefficient (Wildman–Crippen LogP) is 13.7.